The number of amides is 1. The number of anilines is 3. The Labute approximate surface area is 199 Å². The molecule has 1 saturated heterocycles. The second kappa shape index (κ2) is 10.7. The van der Waals surface area contributed by atoms with E-state index in [0.717, 1.165) is 31.9 Å². The summed E-state index contributed by atoms with van der Waals surface area (Å²) < 4.78 is 16.2. The summed E-state index contributed by atoms with van der Waals surface area (Å²) in [6, 6.07) is 17.3. The molecule has 0 unspecified atom stereocenters. The fourth-order valence-electron chi connectivity index (χ4n) is 3.76. The van der Waals surface area contributed by atoms with E-state index in [2.05, 4.69) is 49.4 Å². The molecule has 9 nitrogen and oxygen atoms in total. The van der Waals surface area contributed by atoms with Crippen LogP contribution in [0.1, 0.15) is 5.69 Å². The molecule has 4 rings (SSSR count). The molecule has 1 aromatic heterocycles. The maximum atomic E-state index is 12.5. The van der Waals surface area contributed by atoms with Crippen LogP contribution < -0.4 is 29.3 Å². The lowest BCUT2D eigenvalue weighted by molar-refractivity contribution is -0.118. The van der Waals surface area contributed by atoms with E-state index in [4.69, 9.17) is 14.2 Å². The zero-order chi connectivity index (χ0) is 23.9. The largest absolute Gasteiger partial charge is 0.497 e. The molecule has 1 fully saturated rings. The lowest BCUT2D eigenvalue weighted by Crippen LogP contribution is -2.47. The van der Waals surface area contributed by atoms with Crippen molar-refractivity contribution in [3.8, 4) is 17.4 Å². The molecule has 3 aromatic rings. The molecule has 0 spiro atoms. The van der Waals surface area contributed by atoms with Crippen LogP contribution in [0.4, 0.5) is 17.3 Å². The topological polar surface area (TPSA) is 89.1 Å². The van der Waals surface area contributed by atoms with Crippen molar-refractivity contribution in [3.05, 3.63) is 60.3 Å². The van der Waals surface area contributed by atoms with Crippen LogP contribution in [0.3, 0.4) is 0 Å². The molecule has 0 bridgehead atoms. The van der Waals surface area contributed by atoms with Crippen molar-refractivity contribution in [2.75, 3.05) is 62.1 Å². The van der Waals surface area contributed by atoms with E-state index in [9.17, 15) is 4.79 Å². The molecular weight excluding hydrogens is 434 g/mol. The molecule has 34 heavy (non-hydrogen) atoms. The minimum absolute atomic E-state index is 0.183. The summed E-state index contributed by atoms with van der Waals surface area (Å²) >= 11 is 0. The van der Waals surface area contributed by atoms with Crippen molar-refractivity contribution in [2.24, 2.45) is 0 Å². The third-order valence-electron chi connectivity index (χ3n) is 5.49. The Morgan fingerprint density at radius 1 is 0.912 bits per heavy atom. The van der Waals surface area contributed by atoms with Crippen LogP contribution in [0.15, 0.2) is 54.6 Å². The first kappa shape index (κ1) is 23.2. The van der Waals surface area contributed by atoms with Gasteiger partial charge in [0.2, 0.25) is 11.8 Å². The predicted molar refractivity (Wildman–Crippen MR) is 131 cm³/mol. The van der Waals surface area contributed by atoms with Crippen molar-refractivity contribution in [2.45, 2.75) is 6.92 Å². The van der Waals surface area contributed by atoms with E-state index in [1.165, 1.54) is 5.69 Å². The van der Waals surface area contributed by atoms with Crippen molar-refractivity contribution >= 4 is 23.2 Å². The zero-order valence-corrected chi connectivity index (χ0v) is 19.7. The van der Waals surface area contributed by atoms with Gasteiger partial charge < -0.3 is 29.3 Å². The van der Waals surface area contributed by atoms with Gasteiger partial charge in [-0.3, -0.25) is 4.79 Å². The van der Waals surface area contributed by atoms with Gasteiger partial charge in [0, 0.05) is 67.5 Å². The Morgan fingerprint density at radius 3 is 2.21 bits per heavy atom. The number of nitrogens with one attached hydrogen (secondary N) is 1. The number of aromatic nitrogens is 2. The number of benzene rings is 2. The van der Waals surface area contributed by atoms with E-state index >= 15 is 0 Å². The fraction of sp³-hybridized carbons (Fsp3) is 0.320. The summed E-state index contributed by atoms with van der Waals surface area (Å²) in [7, 11) is 3.11. The SMILES string of the molecule is COc1cc(NC(=O)COc2cc(C)nc(N3CCN(c4ccccc4)CC3)n2)cc(OC)c1. The Kier molecular flexibility index (Phi) is 7.31. The van der Waals surface area contributed by atoms with Crippen molar-refractivity contribution in [1.82, 2.24) is 9.97 Å². The Balaban J connectivity index is 1.35. The summed E-state index contributed by atoms with van der Waals surface area (Å²) in [4.78, 5) is 26.1. The van der Waals surface area contributed by atoms with Crippen molar-refractivity contribution in [1.29, 1.82) is 0 Å². The smallest absolute Gasteiger partial charge is 0.262 e. The van der Waals surface area contributed by atoms with Crippen LogP contribution in [-0.2, 0) is 4.79 Å². The van der Waals surface area contributed by atoms with Gasteiger partial charge >= 0.3 is 0 Å². The molecule has 0 aliphatic carbocycles. The van der Waals surface area contributed by atoms with E-state index in [1.807, 2.05) is 13.0 Å². The number of aryl methyl sites for hydroxylation is 1. The maximum absolute atomic E-state index is 12.5. The third kappa shape index (κ3) is 5.86. The van der Waals surface area contributed by atoms with Crippen LogP contribution >= 0.6 is 0 Å². The number of para-hydroxylation sites is 1. The molecule has 1 aliphatic rings. The molecule has 1 aliphatic heterocycles. The minimum atomic E-state index is -0.315. The standard InChI is InChI=1S/C25H29N5O4/c1-18-13-24(34-17-23(31)27-19-14-21(32-2)16-22(15-19)33-3)28-25(26-18)30-11-9-29(10-12-30)20-7-5-4-6-8-20/h4-8,13-16H,9-12,17H2,1-3H3,(H,27,31). The lowest BCUT2D eigenvalue weighted by atomic mass is 10.2. The molecular formula is C25H29N5O4. The average molecular weight is 464 g/mol. The lowest BCUT2D eigenvalue weighted by Gasteiger charge is -2.36. The molecule has 0 atom stereocenters. The van der Waals surface area contributed by atoms with E-state index < -0.39 is 0 Å². The highest BCUT2D eigenvalue weighted by Crippen LogP contribution is 2.26. The first-order valence-electron chi connectivity index (χ1n) is 11.1. The Hall–Kier alpha value is -4.01. The van der Waals surface area contributed by atoms with Crippen molar-refractivity contribution < 1.29 is 19.0 Å². The highest BCUT2D eigenvalue weighted by molar-refractivity contribution is 5.92. The predicted octanol–water partition coefficient (Wildman–Crippen LogP) is 3.15. The highest BCUT2D eigenvalue weighted by atomic mass is 16.5. The summed E-state index contributed by atoms with van der Waals surface area (Å²) in [5.74, 6) is 1.83. The highest BCUT2D eigenvalue weighted by Gasteiger charge is 2.20. The van der Waals surface area contributed by atoms with E-state index in [1.54, 1.807) is 38.5 Å². The van der Waals surface area contributed by atoms with Crippen LogP contribution in [0, 0.1) is 6.92 Å². The summed E-state index contributed by atoms with van der Waals surface area (Å²) in [5.41, 5.74) is 2.56. The Bertz CT molecular complexity index is 1100. The second-order valence-electron chi connectivity index (χ2n) is 7.90. The maximum Gasteiger partial charge on any atom is 0.262 e. The molecule has 1 amide bonds. The number of ether oxygens (including phenoxy) is 3. The quantitative estimate of drug-likeness (QED) is 0.545. The van der Waals surface area contributed by atoms with Crippen LogP contribution in [0.25, 0.3) is 0 Å². The fourth-order valence-corrected chi connectivity index (χ4v) is 3.76. The normalized spacial score (nSPS) is 13.4. The number of piperazine rings is 1. The van der Waals surface area contributed by atoms with Crippen LogP contribution in [0.5, 0.6) is 17.4 Å². The summed E-state index contributed by atoms with van der Waals surface area (Å²) in [6.07, 6.45) is 0. The minimum Gasteiger partial charge on any atom is -0.497 e. The number of hydrogen-bond donors (Lipinski definition) is 1. The summed E-state index contributed by atoms with van der Waals surface area (Å²) in [6.45, 7) is 5.07. The van der Waals surface area contributed by atoms with Gasteiger partial charge in [0.05, 0.1) is 14.2 Å². The van der Waals surface area contributed by atoms with Gasteiger partial charge in [0.15, 0.2) is 6.61 Å². The van der Waals surface area contributed by atoms with Gasteiger partial charge in [-0.25, -0.2) is 4.98 Å². The van der Waals surface area contributed by atoms with Crippen LogP contribution in [0.2, 0.25) is 0 Å². The molecule has 9 heteroatoms. The van der Waals surface area contributed by atoms with Gasteiger partial charge in [0.1, 0.15) is 11.5 Å². The number of carbonyl (C=O) groups excluding carboxylic acids is 1. The third-order valence-corrected chi connectivity index (χ3v) is 5.49. The molecule has 178 valence electrons. The van der Waals surface area contributed by atoms with Gasteiger partial charge in [-0.2, -0.15) is 4.98 Å². The van der Waals surface area contributed by atoms with Gasteiger partial charge in [-0.15, -0.1) is 0 Å². The number of hydrogen-bond acceptors (Lipinski definition) is 8. The molecule has 1 N–H and O–H groups in total. The van der Waals surface area contributed by atoms with Gasteiger partial charge in [-0.05, 0) is 19.1 Å². The first-order chi connectivity index (χ1) is 16.5. The number of nitrogens with zero attached hydrogens (tertiary/aromatic N) is 4. The molecule has 0 saturated carbocycles. The summed E-state index contributed by atoms with van der Waals surface area (Å²) in [5, 5.41) is 2.79. The number of rotatable bonds is 8. The first-order valence-corrected chi connectivity index (χ1v) is 11.1. The zero-order valence-electron chi connectivity index (χ0n) is 19.7. The number of methoxy groups -OCH3 is 2. The molecule has 2 heterocycles. The van der Waals surface area contributed by atoms with Crippen molar-refractivity contribution in [3.63, 3.8) is 0 Å². The van der Waals surface area contributed by atoms with E-state index in [0.29, 0.717) is 29.0 Å². The Morgan fingerprint density at radius 2 is 1.56 bits per heavy atom. The average Bonchev–Trinajstić information content (AvgIpc) is 2.87. The van der Waals surface area contributed by atoms with Crippen LogP contribution in [-0.4, -0.2) is 62.9 Å². The molecule has 0 radical (unpaired) electrons. The number of carbonyl (C=O) groups is 1. The molecule has 2 aromatic carbocycles. The second-order valence-corrected chi connectivity index (χ2v) is 7.90. The van der Waals surface area contributed by atoms with Gasteiger partial charge in [-0.1, -0.05) is 18.2 Å². The van der Waals surface area contributed by atoms with Gasteiger partial charge in [0.25, 0.3) is 5.91 Å². The monoisotopic (exact) mass is 463 g/mol. The van der Waals surface area contributed by atoms with E-state index in [-0.39, 0.29) is 12.5 Å².